The van der Waals surface area contributed by atoms with E-state index in [1.807, 2.05) is 6.07 Å². The lowest BCUT2D eigenvalue weighted by Gasteiger charge is -2.11. The van der Waals surface area contributed by atoms with Gasteiger partial charge in [0.25, 0.3) is 0 Å². The van der Waals surface area contributed by atoms with Crippen molar-refractivity contribution < 1.29 is 8.81 Å². The summed E-state index contributed by atoms with van der Waals surface area (Å²) in [6.45, 7) is 0. The predicted octanol–water partition coefficient (Wildman–Crippen LogP) is 5.12. The lowest BCUT2D eigenvalue weighted by atomic mass is 10.0. The van der Waals surface area contributed by atoms with Crippen molar-refractivity contribution in [2.75, 3.05) is 0 Å². The summed E-state index contributed by atoms with van der Waals surface area (Å²) in [7, 11) is 0. The first-order valence-corrected chi connectivity index (χ1v) is 7.17. The Morgan fingerprint density at radius 1 is 1.14 bits per heavy atom. The Kier molecular flexibility index (Phi) is 3.89. The zero-order valence-corrected chi connectivity index (χ0v) is 12.5. The van der Waals surface area contributed by atoms with E-state index >= 15 is 0 Å². The van der Waals surface area contributed by atoms with E-state index in [-0.39, 0.29) is 12.2 Å². The number of hydrogen-bond donors (Lipinski definition) is 1. The van der Waals surface area contributed by atoms with Crippen molar-refractivity contribution in [1.82, 2.24) is 0 Å². The molecule has 3 rings (SSSR count). The first-order valence-electron chi connectivity index (χ1n) is 6.42. The Balaban J connectivity index is 1.91. The Morgan fingerprint density at radius 2 is 1.95 bits per heavy atom. The monoisotopic (exact) mass is 323 g/mol. The van der Waals surface area contributed by atoms with E-state index in [9.17, 15) is 4.39 Å². The van der Waals surface area contributed by atoms with E-state index in [0.29, 0.717) is 27.0 Å². The molecule has 2 nitrogen and oxygen atoms in total. The van der Waals surface area contributed by atoms with Crippen molar-refractivity contribution in [2.45, 2.75) is 12.5 Å². The summed E-state index contributed by atoms with van der Waals surface area (Å²) in [4.78, 5) is 0. The Hall–Kier alpha value is -1.55. The molecule has 2 N–H and O–H groups in total. The molecule has 5 heteroatoms. The van der Waals surface area contributed by atoms with Crippen LogP contribution in [-0.4, -0.2) is 0 Å². The third kappa shape index (κ3) is 2.91. The topological polar surface area (TPSA) is 39.2 Å². The van der Waals surface area contributed by atoms with E-state index in [1.165, 1.54) is 6.07 Å². The van der Waals surface area contributed by atoms with Crippen LogP contribution >= 0.6 is 23.2 Å². The molecule has 0 aliphatic rings. The van der Waals surface area contributed by atoms with Gasteiger partial charge in [0.1, 0.15) is 17.2 Å². The fraction of sp³-hybridized carbons (Fsp3) is 0.125. The van der Waals surface area contributed by atoms with E-state index in [4.69, 9.17) is 33.4 Å². The SMILES string of the molecule is NC(Cc1c(F)cccc1Cl)c1cc2cc(Cl)ccc2o1. The van der Waals surface area contributed by atoms with Crippen LogP contribution in [0, 0.1) is 5.82 Å². The fourth-order valence-electron chi connectivity index (χ4n) is 2.27. The number of furan rings is 1. The number of benzene rings is 2. The maximum absolute atomic E-state index is 13.8. The second-order valence-corrected chi connectivity index (χ2v) is 5.69. The molecule has 0 spiro atoms. The maximum Gasteiger partial charge on any atom is 0.134 e. The molecule has 21 heavy (non-hydrogen) atoms. The van der Waals surface area contributed by atoms with Gasteiger partial charge >= 0.3 is 0 Å². The summed E-state index contributed by atoms with van der Waals surface area (Å²) in [5.41, 5.74) is 7.21. The van der Waals surface area contributed by atoms with Crippen LogP contribution in [0.15, 0.2) is 46.9 Å². The van der Waals surface area contributed by atoms with Crippen LogP contribution in [0.2, 0.25) is 10.0 Å². The number of rotatable bonds is 3. The Labute approximate surface area is 131 Å². The molecular weight excluding hydrogens is 312 g/mol. The minimum Gasteiger partial charge on any atom is -0.459 e. The van der Waals surface area contributed by atoms with E-state index in [2.05, 4.69) is 0 Å². The smallest absolute Gasteiger partial charge is 0.134 e. The molecular formula is C16H12Cl2FNO. The molecule has 0 bridgehead atoms. The minimum atomic E-state index is -0.481. The van der Waals surface area contributed by atoms with Gasteiger partial charge in [0, 0.05) is 21.0 Å². The zero-order chi connectivity index (χ0) is 15.0. The average molecular weight is 324 g/mol. The molecule has 0 amide bonds. The summed E-state index contributed by atoms with van der Waals surface area (Å²) >= 11 is 12.0. The molecule has 0 aliphatic carbocycles. The molecule has 108 valence electrons. The molecule has 1 unspecified atom stereocenters. The van der Waals surface area contributed by atoms with Crippen LogP contribution in [-0.2, 0) is 6.42 Å². The molecule has 2 aromatic carbocycles. The van der Waals surface area contributed by atoms with Gasteiger partial charge in [0.2, 0.25) is 0 Å². The van der Waals surface area contributed by atoms with Gasteiger partial charge in [-0.1, -0.05) is 29.3 Å². The average Bonchev–Trinajstić information content (AvgIpc) is 2.86. The van der Waals surface area contributed by atoms with Crippen molar-refractivity contribution in [3.05, 3.63) is 69.7 Å². The van der Waals surface area contributed by atoms with Crippen LogP contribution in [0.1, 0.15) is 17.4 Å². The molecule has 1 aromatic heterocycles. The van der Waals surface area contributed by atoms with Gasteiger partial charge in [-0.2, -0.15) is 0 Å². The zero-order valence-electron chi connectivity index (χ0n) is 10.9. The molecule has 0 fully saturated rings. The lowest BCUT2D eigenvalue weighted by Crippen LogP contribution is -2.13. The lowest BCUT2D eigenvalue weighted by molar-refractivity contribution is 0.487. The molecule has 0 saturated carbocycles. The van der Waals surface area contributed by atoms with Crippen molar-refractivity contribution in [3.8, 4) is 0 Å². The van der Waals surface area contributed by atoms with Crippen molar-refractivity contribution in [3.63, 3.8) is 0 Å². The van der Waals surface area contributed by atoms with Crippen LogP contribution in [0.4, 0.5) is 4.39 Å². The quantitative estimate of drug-likeness (QED) is 0.726. The fourth-order valence-corrected chi connectivity index (χ4v) is 2.69. The highest BCUT2D eigenvalue weighted by atomic mass is 35.5. The highest BCUT2D eigenvalue weighted by molar-refractivity contribution is 6.31. The van der Waals surface area contributed by atoms with Gasteiger partial charge in [0.05, 0.1) is 6.04 Å². The van der Waals surface area contributed by atoms with Gasteiger partial charge in [-0.25, -0.2) is 4.39 Å². The molecule has 0 saturated heterocycles. The summed E-state index contributed by atoms with van der Waals surface area (Å²) in [5.74, 6) is 0.212. The molecule has 0 aliphatic heterocycles. The second kappa shape index (κ2) is 5.68. The van der Waals surface area contributed by atoms with Gasteiger partial charge in [0.15, 0.2) is 0 Å². The van der Waals surface area contributed by atoms with E-state index in [1.54, 1.807) is 30.3 Å². The maximum atomic E-state index is 13.8. The standard InChI is InChI=1S/C16H12Cl2FNO/c17-10-4-5-15-9(6-10)7-16(21-15)14(20)8-11-12(18)2-1-3-13(11)19/h1-7,14H,8,20H2. The minimum absolute atomic E-state index is 0.263. The number of hydrogen-bond acceptors (Lipinski definition) is 2. The summed E-state index contributed by atoms with van der Waals surface area (Å²) in [6.07, 6.45) is 0.263. The summed E-state index contributed by atoms with van der Waals surface area (Å²) in [5, 5.41) is 1.86. The first-order chi connectivity index (χ1) is 10.0. The molecule has 1 atom stereocenters. The number of halogens is 3. The van der Waals surface area contributed by atoms with Gasteiger partial charge in [-0.3, -0.25) is 0 Å². The van der Waals surface area contributed by atoms with Gasteiger partial charge in [-0.15, -0.1) is 0 Å². The highest BCUT2D eigenvalue weighted by Gasteiger charge is 2.17. The third-order valence-electron chi connectivity index (χ3n) is 3.35. The van der Waals surface area contributed by atoms with Gasteiger partial charge in [-0.05, 0) is 42.8 Å². The summed E-state index contributed by atoms with van der Waals surface area (Å²) in [6, 6.07) is 11.2. The Morgan fingerprint density at radius 3 is 2.71 bits per heavy atom. The normalized spacial score (nSPS) is 12.8. The molecule has 3 aromatic rings. The van der Waals surface area contributed by atoms with Crippen LogP contribution < -0.4 is 5.73 Å². The molecule has 0 radical (unpaired) electrons. The Bertz CT molecular complexity index is 780. The first kappa shape index (κ1) is 14.4. The van der Waals surface area contributed by atoms with E-state index < -0.39 is 6.04 Å². The van der Waals surface area contributed by atoms with Crippen LogP contribution in [0.25, 0.3) is 11.0 Å². The number of nitrogens with two attached hydrogens (primary N) is 1. The van der Waals surface area contributed by atoms with Crippen molar-refractivity contribution in [2.24, 2.45) is 5.73 Å². The van der Waals surface area contributed by atoms with Crippen LogP contribution in [0.3, 0.4) is 0 Å². The van der Waals surface area contributed by atoms with Gasteiger partial charge < -0.3 is 10.2 Å². The largest absolute Gasteiger partial charge is 0.459 e. The second-order valence-electron chi connectivity index (χ2n) is 4.84. The third-order valence-corrected chi connectivity index (χ3v) is 3.94. The van der Waals surface area contributed by atoms with Crippen molar-refractivity contribution in [1.29, 1.82) is 0 Å². The van der Waals surface area contributed by atoms with Crippen LogP contribution in [0.5, 0.6) is 0 Å². The highest BCUT2D eigenvalue weighted by Crippen LogP contribution is 2.29. The predicted molar refractivity (Wildman–Crippen MR) is 83.3 cm³/mol. The van der Waals surface area contributed by atoms with E-state index in [0.717, 1.165) is 5.39 Å². The molecule has 1 heterocycles. The number of fused-ring (bicyclic) bond motifs is 1. The summed E-state index contributed by atoms with van der Waals surface area (Å²) < 4.78 is 19.5. The van der Waals surface area contributed by atoms with Crippen molar-refractivity contribution >= 4 is 34.2 Å².